The lowest BCUT2D eigenvalue weighted by molar-refractivity contribution is 0.583. The van der Waals surface area contributed by atoms with Crippen LogP contribution in [0.3, 0.4) is 0 Å². The third-order valence-electron chi connectivity index (χ3n) is 2.38. The molecule has 4 nitrogen and oxygen atoms in total. The van der Waals surface area contributed by atoms with Crippen molar-refractivity contribution in [1.82, 2.24) is 4.72 Å². The lowest BCUT2D eigenvalue weighted by Gasteiger charge is -2.11. The summed E-state index contributed by atoms with van der Waals surface area (Å²) in [6, 6.07) is 2.92. The summed E-state index contributed by atoms with van der Waals surface area (Å²) in [5, 5.41) is 0.296. The highest BCUT2D eigenvalue weighted by Crippen LogP contribution is 2.25. The summed E-state index contributed by atoms with van der Waals surface area (Å²) >= 11 is 7.32. The number of thioether (sulfide) groups is 1. The highest BCUT2D eigenvalue weighted by Gasteiger charge is 2.18. The van der Waals surface area contributed by atoms with Crippen LogP contribution in [-0.2, 0) is 10.0 Å². The van der Waals surface area contributed by atoms with Crippen LogP contribution in [0.4, 0.5) is 5.69 Å². The van der Waals surface area contributed by atoms with E-state index in [-0.39, 0.29) is 4.90 Å². The Hall–Kier alpha value is -0.870. The van der Waals surface area contributed by atoms with Gasteiger partial charge in [-0.05, 0) is 24.6 Å². The lowest BCUT2D eigenvalue weighted by Crippen LogP contribution is -2.27. The van der Waals surface area contributed by atoms with Crippen LogP contribution in [0.25, 0.3) is 0 Å². The number of rotatable bonds is 6. The number of nitrogens with one attached hydrogen (secondary N) is 1. The number of nitrogens with two attached hydrogens (primary N) is 1. The molecule has 0 aromatic heterocycles. The SMILES string of the molecule is C#CCSCCNS(=O)(=O)c1cc(Cl)cc(N)c1C. The van der Waals surface area contributed by atoms with E-state index in [0.717, 1.165) is 0 Å². The van der Waals surface area contributed by atoms with Crippen LogP contribution in [0.1, 0.15) is 5.56 Å². The maximum Gasteiger partial charge on any atom is 0.240 e. The minimum atomic E-state index is -3.60. The Balaban J connectivity index is 2.81. The number of terminal acetylenes is 1. The van der Waals surface area contributed by atoms with Crippen LogP contribution in [0.2, 0.25) is 5.02 Å². The van der Waals surface area contributed by atoms with E-state index in [4.69, 9.17) is 23.8 Å². The molecule has 104 valence electrons. The summed E-state index contributed by atoms with van der Waals surface area (Å²) in [7, 11) is -3.60. The van der Waals surface area contributed by atoms with Gasteiger partial charge in [-0.25, -0.2) is 13.1 Å². The number of benzene rings is 1. The molecule has 0 radical (unpaired) electrons. The number of nitrogen functional groups attached to an aromatic ring is 1. The van der Waals surface area contributed by atoms with Crippen molar-refractivity contribution in [2.24, 2.45) is 0 Å². The lowest BCUT2D eigenvalue weighted by atomic mass is 10.2. The zero-order valence-corrected chi connectivity index (χ0v) is 12.8. The molecule has 0 fully saturated rings. The normalized spacial score (nSPS) is 11.2. The molecule has 0 unspecified atom stereocenters. The Morgan fingerprint density at radius 2 is 2.21 bits per heavy atom. The summed E-state index contributed by atoms with van der Waals surface area (Å²) in [6.07, 6.45) is 5.10. The molecule has 3 N–H and O–H groups in total. The van der Waals surface area contributed by atoms with Crippen molar-refractivity contribution >= 4 is 39.1 Å². The maximum absolute atomic E-state index is 12.1. The van der Waals surface area contributed by atoms with E-state index in [0.29, 0.717) is 34.3 Å². The third kappa shape index (κ3) is 4.62. The van der Waals surface area contributed by atoms with E-state index in [1.165, 1.54) is 23.9 Å². The van der Waals surface area contributed by atoms with E-state index < -0.39 is 10.0 Å². The predicted molar refractivity (Wildman–Crippen MR) is 81.9 cm³/mol. The Morgan fingerprint density at radius 1 is 1.53 bits per heavy atom. The molecule has 0 bridgehead atoms. The molecule has 7 heteroatoms. The van der Waals surface area contributed by atoms with E-state index in [9.17, 15) is 8.42 Å². The van der Waals surface area contributed by atoms with Crippen LogP contribution in [0.5, 0.6) is 0 Å². The van der Waals surface area contributed by atoms with Crippen molar-refractivity contribution in [1.29, 1.82) is 0 Å². The van der Waals surface area contributed by atoms with Gasteiger partial charge >= 0.3 is 0 Å². The second-order valence-corrected chi connectivity index (χ2v) is 7.05. The van der Waals surface area contributed by atoms with Crippen LogP contribution < -0.4 is 10.5 Å². The highest BCUT2D eigenvalue weighted by molar-refractivity contribution is 7.99. The first-order valence-electron chi connectivity index (χ1n) is 5.45. The Bertz CT molecular complexity index is 594. The number of halogens is 1. The van der Waals surface area contributed by atoms with E-state index in [2.05, 4.69) is 10.6 Å². The second-order valence-electron chi connectivity index (χ2n) is 3.77. The summed E-state index contributed by atoms with van der Waals surface area (Å²) in [4.78, 5) is 0.111. The smallest absolute Gasteiger partial charge is 0.240 e. The Labute approximate surface area is 123 Å². The number of hydrogen-bond donors (Lipinski definition) is 2. The van der Waals surface area contributed by atoms with Crippen molar-refractivity contribution in [3.63, 3.8) is 0 Å². The molecule has 0 spiro atoms. The molecule has 19 heavy (non-hydrogen) atoms. The molecular formula is C12H15ClN2O2S2. The molecule has 1 aromatic rings. The predicted octanol–water partition coefficient (Wildman–Crippen LogP) is 1.88. The number of sulfonamides is 1. The van der Waals surface area contributed by atoms with E-state index in [1.807, 2.05) is 0 Å². The summed E-state index contributed by atoms with van der Waals surface area (Å²) in [5.74, 6) is 3.64. The van der Waals surface area contributed by atoms with Crippen molar-refractivity contribution in [3.8, 4) is 12.3 Å². The third-order valence-corrected chi connectivity index (χ3v) is 5.05. The van der Waals surface area contributed by atoms with Crippen molar-refractivity contribution in [3.05, 3.63) is 22.7 Å². The first-order chi connectivity index (χ1) is 8.88. The van der Waals surface area contributed by atoms with Crippen LogP contribution in [0, 0.1) is 19.3 Å². The van der Waals surface area contributed by atoms with Gasteiger partial charge < -0.3 is 5.73 Å². The van der Waals surface area contributed by atoms with Crippen molar-refractivity contribution in [2.45, 2.75) is 11.8 Å². The molecule has 0 aliphatic heterocycles. The van der Waals surface area contributed by atoms with Gasteiger partial charge in [-0.15, -0.1) is 18.2 Å². The highest BCUT2D eigenvalue weighted by atomic mass is 35.5. The largest absolute Gasteiger partial charge is 0.398 e. The molecule has 0 aliphatic carbocycles. The van der Waals surface area contributed by atoms with Gasteiger partial charge in [0.1, 0.15) is 0 Å². The summed E-state index contributed by atoms with van der Waals surface area (Å²) in [6.45, 7) is 1.95. The Morgan fingerprint density at radius 3 is 2.84 bits per heavy atom. The topological polar surface area (TPSA) is 72.2 Å². The molecule has 0 saturated carbocycles. The molecule has 0 aliphatic rings. The van der Waals surface area contributed by atoms with Crippen LogP contribution in [-0.4, -0.2) is 26.5 Å². The molecule has 0 heterocycles. The molecule has 1 aromatic carbocycles. The first kappa shape index (κ1) is 16.2. The second kappa shape index (κ2) is 7.06. The van der Waals surface area contributed by atoms with Crippen LogP contribution >= 0.6 is 23.4 Å². The van der Waals surface area contributed by atoms with Gasteiger partial charge in [0.15, 0.2) is 0 Å². The standard InChI is InChI=1S/C12H15ClN2O2S2/c1-3-5-18-6-4-15-19(16,17)12-8-10(13)7-11(14)9(12)2/h1,7-8,15H,4-6,14H2,2H3. The zero-order valence-electron chi connectivity index (χ0n) is 10.4. The fourth-order valence-corrected chi connectivity index (χ4v) is 3.67. The Kier molecular flexibility index (Phi) is 6.01. The quantitative estimate of drug-likeness (QED) is 0.477. The summed E-state index contributed by atoms with van der Waals surface area (Å²) < 4.78 is 26.7. The van der Waals surface area contributed by atoms with Gasteiger partial charge in [0.05, 0.1) is 10.6 Å². The van der Waals surface area contributed by atoms with Gasteiger partial charge in [0.2, 0.25) is 10.0 Å². The fraction of sp³-hybridized carbons (Fsp3) is 0.333. The van der Waals surface area contributed by atoms with Crippen LogP contribution in [0.15, 0.2) is 17.0 Å². The average molecular weight is 319 g/mol. The summed E-state index contributed by atoms with van der Waals surface area (Å²) in [5.41, 5.74) is 6.56. The molecule has 1 rings (SSSR count). The van der Waals surface area contributed by atoms with Crippen molar-refractivity contribution < 1.29 is 8.42 Å². The number of hydrogen-bond acceptors (Lipinski definition) is 4. The van der Waals surface area contributed by atoms with Gasteiger partial charge in [0, 0.05) is 23.0 Å². The fourth-order valence-electron chi connectivity index (χ4n) is 1.41. The average Bonchev–Trinajstić information content (AvgIpc) is 2.33. The molecule has 0 atom stereocenters. The van der Waals surface area contributed by atoms with Gasteiger partial charge in [-0.3, -0.25) is 0 Å². The van der Waals surface area contributed by atoms with Gasteiger partial charge in [0.25, 0.3) is 0 Å². The number of anilines is 1. The van der Waals surface area contributed by atoms with E-state index >= 15 is 0 Å². The molecule has 0 amide bonds. The molecule has 0 saturated heterocycles. The maximum atomic E-state index is 12.1. The van der Waals surface area contributed by atoms with Crippen molar-refractivity contribution in [2.75, 3.05) is 23.8 Å². The van der Waals surface area contributed by atoms with E-state index in [1.54, 1.807) is 6.92 Å². The van der Waals surface area contributed by atoms with Gasteiger partial charge in [-0.2, -0.15) is 0 Å². The van der Waals surface area contributed by atoms with Gasteiger partial charge in [-0.1, -0.05) is 17.5 Å². The molecular weight excluding hydrogens is 304 g/mol. The first-order valence-corrected chi connectivity index (χ1v) is 8.46. The monoisotopic (exact) mass is 318 g/mol. The minimum Gasteiger partial charge on any atom is -0.398 e. The minimum absolute atomic E-state index is 0.111. The zero-order chi connectivity index (χ0) is 14.5.